The van der Waals surface area contributed by atoms with Gasteiger partial charge in [-0.15, -0.1) is 5.10 Å². The number of hydrogen-bond donors (Lipinski definition) is 1. The number of halogens is 2. The fraction of sp³-hybridized carbons (Fsp3) is 0.250. The van der Waals surface area contributed by atoms with Crippen LogP contribution in [0.3, 0.4) is 0 Å². The number of aromatic nitrogens is 3. The number of anilines is 3. The molecule has 3 aromatic rings. The van der Waals surface area contributed by atoms with Crippen molar-refractivity contribution < 1.29 is 13.5 Å². The molecule has 6 nitrogen and oxygen atoms in total. The van der Waals surface area contributed by atoms with E-state index in [0.717, 1.165) is 35.7 Å². The normalized spacial score (nSPS) is 13.8. The van der Waals surface area contributed by atoms with E-state index < -0.39 is 6.61 Å². The van der Waals surface area contributed by atoms with Crippen molar-refractivity contribution in [3.05, 3.63) is 54.9 Å². The van der Waals surface area contributed by atoms with Crippen LogP contribution in [0.1, 0.15) is 12.8 Å². The number of nitrogens with one attached hydrogen (secondary N) is 1. The Morgan fingerprint density at radius 2 is 1.79 bits per heavy atom. The maximum atomic E-state index is 12.3. The summed E-state index contributed by atoms with van der Waals surface area (Å²) in [6, 6.07) is 12.1. The van der Waals surface area contributed by atoms with Crippen molar-refractivity contribution in [2.75, 3.05) is 23.3 Å². The van der Waals surface area contributed by atoms with Crippen molar-refractivity contribution >= 4 is 17.3 Å². The van der Waals surface area contributed by atoms with Crippen molar-refractivity contribution in [3.8, 4) is 16.9 Å². The second-order valence-corrected chi connectivity index (χ2v) is 6.45. The van der Waals surface area contributed by atoms with Crippen molar-refractivity contribution in [1.29, 1.82) is 0 Å². The van der Waals surface area contributed by atoms with Gasteiger partial charge in [0.15, 0.2) is 5.82 Å². The Kier molecular flexibility index (Phi) is 5.27. The van der Waals surface area contributed by atoms with Gasteiger partial charge in [0, 0.05) is 36.6 Å². The Bertz CT molecular complexity index is 930. The van der Waals surface area contributed by atoms with Crippen LogP contribution in [0, 0.1) is 0 Å². The first-order valence-electron chi connectivity index (χ1n) is 9.03. The lowest BCUT2D eigenvalue weighted by Gasteiger charge is -2.17. The zero-order chi connectivity index (χ0) is 19.3. The van der Waals surface area contributed by atoms with Gasteiger partial charge >= 0.3 is 6.61 Å². The Morgan fingerprint density at radius 1 is 1.00 bits per heavy atom. The zero-order valence-corrected chi connectivity index (χ0v) is 15.1. The third-order valence-electron chi connectivity index (χ3n) is 4.52. The van der Waals surface area contributed by atoms with E-state index in [2.05, 4.69) is 30.1 Å². The van der Waals surface area contributed by atoms with Crippen molar-refractivity contribution in [1.82, 2.24) is 15.2 Å². The highest BCUT2D eigenvalue weighted by atomic mass is 19.3. The number of rotatable bonds is 6. The number of hydrogen-bond acceptors (Lipinski definition) is 6. The standard InChI is InChI=1S/C20H19F2N5O/c21-20(22)28-17-5-3-14(4-6-17)15-11-18(26-24-13-15)25-16-7-8-23-19(12-16)27-9-1-2-10-27/h3-8,11-13,20H,1-2,9-10H2,(H,23,25,26). The topological polar surface area (TPSA) is 63.2 Å². The highest BCUT2D eigenvalue weighted by molar-refractivity contribution is 5.68. The van der Waals surface area contributed by atoms with Crippen molar-refractivity contribution in [3.63, 3.8) is 0 Å². The summed E-state index contributed by atoms with van der Waals surface area (Å²) in [4.78, 5) is 6.70. The largest absolute Gasteiger partial charge is 0.435 e. The van der Waals surface area contributed by atoms with Gasteiger partial charge in [-0.25, -0.2) is 4.98 Å². The van der Waals surface area contributed by atoms with Crippen LogP contribution in [0.15, 0.2) is 54.9 Å². The van der Waals surface area contributed by atoms with Crippen LogP contribution in [0.4, 0.5) is 26.1 Å². The highest BCUT2D eigenvalue weighted by Crippen LogP contribution is 2.26. The second-order valence-electron chi connectivity index (χ2n) is 6.45. The Hall–Kier alpha value is -3.29. The molecule has 0 saturated carbocycles. The molecule has 1 aliphatic heterocycles. The Labute approximate surface area is 161 Å². The maximum absolute atomic E-state index is 12.3. The van der Waals surface area contributed by atoms with E-state index in [1.54, 1.807) is 24.5 Å². The molecule has 0 spiro atoms. The highest BCUT2D eigenvalue weighted by Gasteiger charge is 2.14. The minimum atomic E-state index is -2.84. The van der Waals surface area contributed by atoms with Gasteiger partial charge < -0.3 is 15.0 Å². The number of alkyl halides is 2. The summed E-state index contributed by atoms with van der Waals surface area (Å²) >= 11 is 0. The number of ether oxygens (including phenoxy) is 1. The molecule has 2 aromatic heterocycles. The first-order valence-corrected chi connectivity index (χ1v) is 9.03. The molecule has 1 saturated heterocycles. The lowest BCUT2D eigenvalue weighted by atomic mass is 10.1. The van der Waals surface area contributed by atoms with Crippen LogP contribution in [0.25, 0.3) is 11.1 Å². The number of pyridine rings is 1. The molecule has 1 aromatic carbocycles. The average molecular weight is 383 g/mol. The molecule has 0 radical (unpaired) electrons. The molecule has 28 heavy (non-hydrogen) atoms. The Morgan fingerprint density at radius 3 is 2.54 bits per heavy atom. The minimum Gasteiger partial charge on any atom is -0.435 e. The van der Waals surface area contributed by atoms with Gasteiger partial charge in [-0.2, -0.15) is 13.9 Å². The summed E-state index contributed by atoms with van der Waals surface area (Å²) in [5.74, 6) is 1.65. The molecule has 1 aliphatic rings. The van der Waals surface area contributed by atoms with E-state index in [1.807, 2.05) is 18.2 Å². The van der Waals surface area contributed by atoms with Crippen LogP contribution < -0.4 is 15.0 Å². The molecule has 144 valence electrons. The van der Waals surface area contributed by atoms with E-state index in [0.29, 0.717) is 5.82 Å². The molecular weight excluding hydrogens is 364 g/mol. The number of nitrogens with zero attached hydrogens (tertiary/aromatic N) is 4. The van der Waals surface area contributed by atoms with E-state index in [4.69, 9.17) is 0 Å². The van der Waals surface area contributed by atoms with Crippen LogP contribution in [-0.4, -0.2) is 34.9 Å². The summed E-state index contributed by atoms with van der Waals surface area (Å²) in [6.07, 6.45) is 5.77. The predicted molar refractivity (Wildman–Crippen MR) is 103 cm³/mol. The molecule has 0 aliphatic carbocycles. The fourth-order valence-electron chi connectivity index (χ4n) is 3.18. The minimum absolute atomic E-state index is 0.116. The third-order valence-corrected chi connectivity index (χ3v) is 4.52. The molecule has 3 heterocycles. The van der Waals surface area contributed by atoms with Gasteiger partial charge in [-0.1, -0.05) is 12.1 Å². The van der Waals surface area contributed by atoms with E-state index in [9.17, 15) is 8.78 Å². The monoisotopic (exact) mass is 383 g/mol. The van der Waals surface area contributed by atoms with E-state index in [-0.39, 0.29) is 5.75 Å². The predicted octanol–water partition coefficient (Wildman–Crippen LogP) is 4.48. The first kappa shape index (κ1) is 18.1. The maximum Gasteiger partial charge on any atom is 0.387 e. The Balaban J connectivity index is 1.50. The number of benzene rings is 1. The quantitative estimate of drug-likeness (QED) is 0.677. The third kappa shape index (κ3) is 4.33. The van der Waals surface area contributed by atoms with Crippen molar-refractivity contribution in [2.24, 2.45) is 0 Å². The summed E-state index contributed by atoms with van der Waals surface area (Å²) in [5, 5.41) is 11.4. The van der Waals surface area contributed by atoms with Gasteiger partial charge in [0.05, 0.1) is 6.20 Å². The lowest BCUT2D eigenvalue weighted by Crippen LogP contribution is -2.18. The molecule has 8 heteroatoms. The van der Waals surface area contributed by atoms with Gasteiger partial charge in [0.25, 0.3) is 0 Å². The molecular formula is C20H19F2N5O. The molecule has 4 rings (SSSR count). The average Bonchev–Trinajstić information content (AvgIpc) is 3.23. The lowest BCUT2D eigenvalue weighted by molar-refractivity contribution is -0.0498. The molecule has 1 fully saturated rings. The van der Waals surface area contributed by atoms with E-state index in [1.165, 1.54) is 25.0 Å². The second kappa shape index (κ2) is 8.16. The molecule has 1 N–H and O–H groups in total. The summed E-state index contributed by atoms with van der Waals surface area (Å²) < 4.78 is 28.9. The first-order chi connectivity index (χ1) is 13.7. The molecule has 0 atom stereocenters. The van der Waals surface area contributed by atoms with Gasteiger partial charge in [0.2, 0.25) is 0 Å². The van der Waals surface area contributed by atoms with Crippen LogP contribution in [0.2, 0.25) is 0 Å². The molecule has 0 amide bonds. The summed E-state index contributed by atoms with van der Waals surface area (Å²) in [6.45, 7) is -0.788. The zero-order valence-electron chi connectivity index (χ0n) is 15.1. The van der Waals surface area contributed by atoms with Crippen LogP contribution >= 0.6 is 0 Å². The summed E-state index contributed by atoms with van der Waals surface area (Å²) in [7, 11) is 0. The molecule has 0 bridgehead atoms. The molecule has 0 unspecified atom stereocenters. The van der Waals surface area contributed by atoms with Crippen LogP contribution in [-0.2, 0) is 0 Å². The van der Waals surface area contributed by atoms with E-state index >= 15 is 0 Å². The smallest absolute Gasteiger partial charge is 0.387 e. The van der Waals surface area contributed by atoms with Crippen LogP contribution in [0.5, 0.6) is 5.75 Å². The van der Waals surface area contributed by atoms with Gasteiger partial charge in [0.1, 0.15) is 11.6 Å². The van der Waals surface area contributed by atoms with Gasteiger partial charge in [-0.05, 0) is 42.7 Å². The summed E-state index contributed by atoms with van der Waals surface area (Å²) in [5.41, 5.74) is 2.52. The van der Waals surface area contributed by atoms with Crippen molar-refractivity contribution in [2.45, 2.75) is 19.5 Å². The fourth-order valence-corrected chi connectivity index (χ4v) is 3.18. The SMILES string of the molecule is FC(F)Oc1ccc(-c2cnnc(Nc3ccnc(N4CCCC4)c3)c2)cc1. The van der Waals surface area contributed by atoms with Gasteiger partial charge in [-0.3, -0.25) is 0 Å².